The van der Waals surface area contributed by atoms with Gasteiger partial charge in [0.05, 0.1) is 18.9 Å². The Kier molecular flexibility index (Phi) is 5.12. The smallest absolute Gasteiger partial charge is 0.255 e. The highest BCUT2D eigenvalue weighted by Gasteiger charge is 2.28. The van der Waals surface area contributed by atoms with Crippen LogP contribution in [0.3, 0.4) is 0 Å². The number of ether oxygens (including phenoxy) is 1. The first-order valence-corrected chi connectivity index (χ1v) is 9.16. The Labute approximate surface area is 145 Å². The van der Waals surface area contributed by atoms with E-state index in [2.05, 4.69) is 5.32 Å². The van der Waals surface area contributed by atoms with Gasteiger partial charge in [-0.15, -0.1) is 0 Å². The predicted molar refractivity (Wildman–Crippen MR) is 90.4 cm³/mol. The number of sulfonamides is 1. The second kappa shape index (κ2) is 7.30. The van der Waals surface area contributed by atoms with E-state index in [4.69, 9.17) is 4.74 Å². The third kappa shape index (κ3) is 3.87. The van der Waals surface area contributed by atoms with Gasteiger partial charge in [-0.1, -0.05) is 12.1 Å². The van der Waals surface area contributed by atoms with Gasteiger partial charge in [-0.2, -0.15) is 4.31 Å². The second-order valence-electron chi connectivity index (χ2n) is 5.47. The Morgan fingerprint density at radius 2 is 1.68 bits per heavy atom. The molecule has 1 amide bonds. The quantitative estimate of drug-likeness (QED) is 0.901. The molecule has 0 unspecified atom stereocenters. The van der Waals surface area contributed by atoms with Crippen molar-refractivity contribution in [1.29, 1.82) is 0 Å². The first-order chi connectivity index (χ1) is 12.0. The molecule has 2 aromatic rings. The lowest BCUT2D eigenvalue weighted by Gasteiger charge is -2.26. The van der Waals surface area contributed by atoms with E-state index in [1.807, 2.05) is 0 Å². The molecule has 1 N–H and O–H groups in total. The Morgan fingerprint density at radius 3 is 2.36 bits per heavy atom. The molecule has 25 heavy (non-hydrogen) atoms. The van der Waals surface area contributed by atoms with Crippen LogP contribution in [0, 0.1) is 5.82 Å². The van der Waals surface area contributed by atoms with E-state index in [0.29, 0.717) is 13.2 Å². The molecule has 1 heterocycles. The maximum atomic E-state index is 13.0. The van der Waals surface area contributed by atoms with Crippen LogP contribution in [0.1, 0.15) is 10.4 Å². The largest absolute Gasteiger partial charge is 0.379 e. The number of carbonyl (C=O) groups excluding carboxylic acids is 1. The summed E-state index contributed by atoms with van der Waals surface area (Å²) in [5.74, 6) is -0.962. The zero-order valence-corrected chi connectivity index (χ0v) is 14.1. The number of morpholine rings is 1. The van der Waals surface area contributed by atoms with Crippen LogP contribution in [0.5, 0.6) is 0 Å². The number of anilines is 1. The molecule has 0 aliphatic carbocycles. The predicted octanol–water partition coefficient (Wildman–Crippen LogP) is 2.10. The molecule has 1 fully saturated rings. The zero-order chi connectivity index (χ0) is 17.9. The number of amides is 1. The van der Waals surface area contributed by atoms with Gasteiger partial charge < -0.3 is 10.1 Å². The minimum atomic E-state index is -3.75. The van der Waals surface area contributed by atoms with Gasteiger partial charge in [-0.3, -0.25) is 4.79 Å². The van der Waals surface area contributed by atoms with Crippen molar-refractivity contribution in [1.82, 2.24) is 4.31 Å². The standard InChI is InChI=1S/C17H17FN2O4S/c18-14-7-5-13(6-8-14)17(21)19-15-3-1-2-4-16(15)25(22,23)20-9-11-24-12-10-20/h1-8H,9-12H2,(H,19,21). The van der Waals surface area contributed by atoms with E-state index in [-0.39, 0.29) is 29.2 Å². The lowest BCUT2D eigenvalue weighted by molar-refractivity contribution is 0.0730. The Morgan fingerprint density at radius 1 is 1.04 bits per heavy atom. The van der Waals surface area contributed by atoms with Crippen molar-refractivity contribution in [3.8, 4) is 0 Å². The van der Waals surface area contributed by atoms with Crippen molar-refractivity contribution in [3.63, 3.8) is 0 Å². The summed E-state index contributed by atoms with van der Waals surface area (Å²) >= 11 is 0. The van der Waals surface area contributed by atoms with Gasteiger partial charge in [0.1, 0.15) is 10.7 Å². The van der Waals surface area contributed by atoms with Crippen LogP contribution in [-0.4, -0.2) is 44.9 Å². The van der Waals surface area contributed by atoms with Crippen molar-refractivity contribution in [2.75, 3.05) is 31.6 Å². The molecule has 0 atom stereocenters. The maximum Gasteiger partial charge on any atom is 0.255 e. The minimum absolute atomic E-state index is 0.0207. The van der Waals surface area contributed by atoms with Crippen LogP contribution < -0.4 is 5.32 Å². The fraction of sp³-hybridized carbons (Fsp3) is 0.235. The molecule has 0 saturated carbocycles. The molecule has 1 aliphatic rings. The van der Waals surface area contributed by atoms with Crippen LogP contribution in [0.25, 0.3) is 0 Å². The topological polar surface area (TPSA) is 75.7 Å². The van der Waals surface area contributed by atoms with E-state index in [0.717, 1.165) is 0 Å². The SMILES string of the molecule is O=C(Nc1ccccc1S(=O)(=O)N1CCOCC1)c1ccc(F)cc1. The number of hydrogen-bond acceptors (Lipinski definition) is 4. The third-order valence-electron chi connectivity index (χ3n) is 3.83. The average Bonchev–Trinajstić information content (AvgIpc) is 2.63. The van der Waals surface area contributed by atoms with E-state index >= 15 is 0 Å². The van der Waals surface area contributed by atoms with Gasteiger partial charge >= 0.3 is 0 Å². The summed E-state index contributed by atoms with van der Waals surface area (Å²) in [5, 5.41) is 2.59. The van der Waals surface area contributed by atoms with Gasteiger partial charge in [0, 0.05) is 18.7 Å². The van der Waals surface area contributed by atoms with Crippen molar-refractivity contribution in [3.05, 3.63) is 59.9 Å². The summed E-state index contributed by atoms with van der Waals surface area (Å²) in [4.78, 5) is 12.3. The number of nitrogens with zero attached hydrogens (tertiary/aromatic N) is 1. The van der Waals surface area contributed by atoms with E-state index < -0.39 is 21.7 Å². The minimum Gasteiger partial charge on any atom is -0.379 e. The summed E-state index contributed by atoms with van der Waals surface area (Å²) in [6.07, 6.45) is 0. The highest BCUT2D eigenvalue weighted by Crippen LogP contribution is 2.25. The lowest BCUT2D eigenvalue weighted by Crippen LogP contribution is -2.40. The second-order valence-corrected chi connectivity index (χ2v) is 7.38. The highest BCUT2D eigenvalue weighted by atomic mass is 32.2. The molecule has 1 aliphatic heterocycles. The first-order valence-electron chi connectivity index (χ1n) is 7.72. The van der Waals surface area contributed by atoms with Crippen LogP contribution in [0.4, 0.5) is 10.1 Å². The molecular formula is C17H17FN2O4S. The molecule has 0 spiro atoms. The van der Waals surface area contributed by atoms with E-state index in [1.165, 1.54) is 40.7 Å². The number of rotatable bonds is 4. The molecule has 0 aromatic heterocycles. The van der Waals surface area contributed by atoms with Gasteiger partial charge in [0.15, 0.2) is 0 Å². The Balaban J connectivity index is 1.88. The fourth-order valence-electron chi connectivity index (χ4n) is 2.52. The molecule has 132 valence electrons. The summed E-state index contributed by atoms with van der Waals surface area (Å²) in [6, 6.07) is 11.2. The molecule has 0 bridgehead atoms. The summed E-state index contributed by atoms with van der Waals surface area (Å²) < 4.78 is 45.2. The number of benzene rings is 2. The van der Waals surface area contributed by atoms with Gasteiger partial charge in [0.25, 0.3) is 5.91 Å². The summed E-state index contributed by atoms with van der Waals surface area (Å²) in [7, 11) is -3.75. The number of para-hydroxylation sites is 1. The number of halogens is 1. The fourth-order valence-corrected chi connectivity index (χ4v) is 4.07. The maximum absolute atomic E-state index is 13.0. The van der Waals surface area contributed by atoms with Crippen molar-refractivity contribution >= 4 is 21.6 Å². The molecule has 8 heteroatoms. The molecule has 0 radical (unpaired) electrons. The van der Waals surface area contributed by atoms with Crippen LogP contribution in [0.2, 0.25) is 0 Å². The first kappa shape index (κ1) is 17.5. The van der Waals surface area contributed by atoms with Crippen molar-refractivity contribution < 1.29 is 22.3 Å². The van der Waals surface area contributed by atoms with Gasteiger partial charge in [0.2, 0.25) is 10.0 Å². The van der Waals surface area contributed by atoms with Crippen LogP contribution >= 0.6 is 0 Å². The normalized spacial score (nSPS) is 15.7. The Hall–Kier alpha value is -2.29. The van der Waals surface area contributed by atoms with E-state index in [9.17, 15) is 17.6 Å². The highest BCUT2D eigenvalue weighted by molar-refractivity contribution is 7.89. The monoisotopic (exact) mass is 364 g/mol. The van der Waals surface area contributed by atoms with Crippen molar-refractivity contribution in [2.24, 2.45) is 0 Å². The molecule has 3 rings (SSSR count). The summed E-state index contributed by atoms with van der Waals surface area (Å²) in [6.45, 7) is 1.21. The number of hydrogen-bond donors (Lipinski definition) is 1. The van der Waals surface area contributed by atoms with E-state index in [1.54, 1.807) is 12.1 Å². The average molecular weight is 364 g/mol. The number of nitrogens with one attached hydrogen (secondary N) is 1. The van der Waals surface area contributed by atoms with Crippen LogP contribution in [-0.2, 0) is 14.8 Å². The molecule has 1 saturated heterocycles. The van der Waals surface area contributed by atoms with Gasteiger partial charge in [-0.25, -0.2) is 12.8 Å². The molecular weight excluding hydrogens is 347 g/mol. The van der Waals surface area contributed by atoms with Crippen LogP contribution in [0.15, 0.2) is 53.4 Å². The zero-order valence-electron chi connectivity index (χ0n) is 13.3. The lowest BCUT2D eigenvalue weighted by atomic mass is 10.2. The number of carbonyl (C=O) groups is 1. The molecule has 2 aromatic carbocycles. The van der Waals surface area contributed by atoms with Gasteiger partial charge in [-0.05, 0) is 36.4 Å². The molecule has 6 nitrogen and oxygen atoms in total. The Bertz CT molecular complexity index is 862. The third-order valence-corrected chi connectivity index (χ3v) is 5.79. The van der Waals surface area contributed by atoms with Crippen molar-refractivity contribution in [2.45, 2.75) is 4.90 Å². The summed E-state index contributed by atoms with van der Waals surface area (Å²) in [5.41, 5.74) is 0.420.